The minimum atomic E-state index is -0.756. The lowest BCUT2D eigenvalue weighted by Crippen LogP contribution is -2.43. The van der Waals surface area contributed by atoms with Gasteiger partial charge in [0.25, 0.3) is 5.89 Å². The fourth-order valence-corrected chi connectivity index (χ4v) is 2.63. The Balaban J connectivity index is 2.14. The lowest BCUT2D eigenvalue weighted by molar-refractivity contribution is 0.228. The van der Waals surface area contributed by atoms with Gasteiger partial charge in [-0.05, 0) is 45.6 Å². The molecule has 0 aliphatic rings. The predicted molar refractivity (Wildman–Crippen MR) is 87.2 cm³/mol. The topological polar surface area (TPSA) is 80.0 Å². The number of aryl methyl sites for hydroxylation is 2. The summed E-state index contributed by atoms with van der Waals surface area (Å²) >= 11 is 1.59. The van der Waals surface area contributed by atoms with E-state index in [4.69, 9.17) is 4.52 Å². The molecule has 0 aliphatic heterocycles. The van der Waals surface area contributed by atoms with Crippen LogP contribution in [0.4, 0.5) is 10.5 Å². The smallest absolute Gasteiger partial charge is 0.320 e. The van der Waals surface area contributed by atoms with E-state index in [-0.39, 0.29) is 6.03 Å². The molecule has 0 saturated heterocycles. The molecular weight excluding hydrogens is 300 g/mol. The molecule has 2 rings (SSSR count). The van der Waals surface area contributed by atoms with Crippen LogP contribution in [-0.2, 0) is 5.54 Å². The average molecular weight is 320 g/mol. The Morgan fingerprint density at radius 1 is 1.32 bits per heavy atom. The number of para-hydroxylation sites is 1. The van der Waals surface area contributed by atoms with E-state index >= 15 is 0 Å². The number of thioether (sulfide) groups is 1. The maximum Gasteiger partial charge on any atom is 0.320 e. The van der Waals surface area contributed by atoms with Crippen LogP contribution in [0.5, 0.6) is 0 Å². The molecule has 2 aromatic rings. The number of carbonyl (C=O) groups excluding carboxylic acids is 1. The highest BCUT2D eigenvalue weighted by Crippen LogP contribution is 2.28. The SMILES string of the molecule is CSc1cccc(C)c1NC(=O)NC(C)(C)c1nc(C)no1. The highest BCUT2D eigenvalue weighted by Gasteiger charge is 2.29. The molecule has 2 amide bonds. The van der Waals surface area contributed by atoms with Crippen LogP contribution in [-0.4, -0.2) is 22.4 Å². The molecule has 1 aromatic carbocycles. The monoisotopic (exact) mass is 320 g/mol. The number of carbonyl (C=O) groups is 1. The molecule has 0 atom stereocenters. The fourth-order valence-electron chi connectivity index (χ4n) is 2.00. The molecule has 0 spiro atoms. The zero-order valence-corrected chi connectivity index (χ0v) is 14.2. The van der Waals surface area contributed by atoms with E-state index in [0.717, 1.165) is 16.1 Å². The number of urea groups is 1. The van der Waals surface area contributed by atoms with Crippen LogP contribution in [0.25, 0.3) is 0 Å². The summed E-state index contributed by atoms with van der Waals surface area (Å²) in [5, 5.41) is 9.51. The molecule has 1 heterocycles. The molecule has 0 radical (unpaired) electrons. The van der Waals surface area contributed by atoms with Crippen molar-refractivity contribution in [2.75, 3.05) is 11.6 Å². The second kappa shape index (κ2) is 6.39. The summed E-state index contributed by atoms with van der Waals surface area (Å²) in [4.78, 5) is 17.5. The first-order chi connectivity index (χ1) is 10.3. The van der Waals surface area contributed by atoms with Gasteiger partial charge in [-0.25, -0.2) is 4.79 Å². The first-order valence-electron chi connectivity index (χ1n) is 6.87. The molecular formula is C15H20N4O2S. The van der Waals surface area contributed by atoms with Gasteiger partial charge in [-0.2, -0.15) is 4.98 Å². The van der Waals surface area contributed by atoms with Crippen LogP contribution in [0, 0.1) is 13.8 Å². The van der Waals surface area contributed by atoms with Crippen LogP contribution in [0.2, 0.25) is 0 Å². The quantitative estimate of drug-likeness (QED) is 0.843. The second-order valence-corrected chi connectivity index (χ2v) is 6.35. The van der Waals surface area contributed by atoms with Gasteiger partial charge in [-0.1, -0.05) is 17.3 Å². The number of amides is 2. The van der Waals surface area contributed by atoms with Crippen molar-refractivity contribution < 1.29 is 9.32 Å². The molecule has 1 aromatic heterocycles. The maximum absolute atomic E-state index is 12.3. The molecule has 118 valence electrons. The van der Waals surface area contributed by atoms with Gasteiger partial charge in [-0.3, -0.25) is 0 Å². The second-order valence-electron chi connectivity index (χ2n) is 5.50. The van der Waals surface area contributed by atoms with Crippen molar-refractivity contribution in [3.63, 3.8) is 0 Å². The third-order valence-electron chi connectivity index (χ3n) is 3.18. The van der Waals surface area contributed by atoms with Crippen molar-refractivity contribution in [2.24, 2.45) is 0 Å². The Morgan fingerprint density at radius 2 is 2.05 bits per heavy atom. The van der Waals surface area contributed by atoms with Crippen LogP contribution in [0.1, 0.15) is 31.1 Å². The van der Waals surface area contributed by atoms with E-state index in [1.807, 2.05) is 45.2 Å². The number of hydrogen-bond acceptors (Lipinski definition) is 5. The van der Waals surface area contributed by atoms with Crippen LogP contribution in [0.3, 0.4) is 0 Å². The minimum absolute atomic E-state index is 0.314. The number of hydrogen-bond donors (Lipinski definition) is 2. The molecule has 2 N–H and O–H groups in total. The van der Waals surface area contributed by atoms with E-state index in [9.17, 15) is 4.79 Å². The third-order valence-corrected chi connectivity index (χ3v) is 3.96. The van der Waals surface area contributed by atoms with E-state index in [1.54, 1.807) is 18.7 Å². The van der Waals surface area contributed by atoms with E-state index < -0.39 is 5.54 Å². The fraction of sp³-hybridized carbons (Fsp3) is 0.400. The zero-order chi connectivity index (χ0) is 16.3. The molecule has 7 heteroatoms. The molecule has 0 saturated carbocycles. The van der Waals surface area contributed by atoms with Crippen LogP contribution < -0.4 is 10.6 Å². The van der Waals surface area contributed by atoms with Crippen LogP contribution in [0.15, 0.2) is 27.6 Å². The van der Waals surface area contributed by atoms with Crippen molar-refractivity contribution >= 4 is 23.5 Å². The molecule has 0 unspecified atom stereocenters. The van der Waals surface area contributed by atoms with Gasteiger partial charge >= 0.3 is 6.03 Å². The van der Waals surface area contributed by atoms with E-state index in [2.05, 4.69) is 20.8 Å². The highest BCUT2D eigenvalue weighted by molar-refractivity contribution is 7.98. The summed E-state index contributed by atoms with van der Waals surface area (Å²) in [7, 11) is 0. The van der Waals surface area contributed by atoms with Gasteiger partial charge in [0.1, 0.15) is 5.54 Å². The van der Waals surface area contributed by atoms with Crippen LogP contribution >= 0.6 is 11.8 Å². The third kappa shape index (κ3) is 3.59. The lowest BCUT2D eigenvalue weighted by atomic mass is 10.1. The number of rotatable bonds is 4. The summed E-state index contributed by atoms with van der Waals surface area (Å²) in [6, 6.07) is 5.59. The normalized spacial score (nSPS) is 11.3. The van der Waals surface area contributed by atoms with Gasteiger partial charge in [0.05, 0.1) is 5.69 Å². The van der Waals surface area contributed by atoms with Gasteiger partial charge in [-0.15, -0.1) is 11.8 Å². The summed E-state index contributed by atoms with van der Waals surface area (Å²) in [5.41, 5.74) is 1.06. The minimum Gasteiger partial charge on any atom is -0.337 e. The van der Waals surface area contributed by atoms with Crippen molar-refractivity contribution in [1.82, 2.24) is 15.5 Å². The Kier molecular flexibility index (Phi) is 4.75. The summed E-state index contributed by atoms with van der Waals surface area (Å²) in [6.45, 7) is 7.32. The van der Waals surface area contributed by atoms with Gasteiger partial charge in [0.2, 0.25) is 0 Å². The molecule has 22 heavy (non-hydrogen) atoms. The molecule has 0 aliphatic carbocycles. The number of nitrogens with one attached hydrogen (secondary N) is 2. The van der Waals surface area contributed by atoms with Gasteiger partial charge < -0.3 is 15.2 Å². The Bertz CT molecular complexity index is 682. The van der Waals surface area contributed by atoms with E-state index in [1.165, 1.54) is 0 Å². The standard InChI is InChI=1S/C15H20N4O2S/c1-9-7-6-8-11(22-5)12(9)17-14(20)18-15(3,4)13-16-10(2)19-21-13/h6-8H,1-5H3,(H2,17,18,20). The lowest BCUT2D eigenvalue weighted by Gasteiger charge is -2.23. The van der Waals surface area contributed by atoms with E-state index in [0.29, 0.717) is 11.7 Å². The summed E-state index contributed by atoms with van der Waals surface area (Å²) in [5.74, 6) is 0.906. The van der Waals surface area contributed by atoms with Crippen molar-refractivity contribution in [3.05, 3.63) is 35.5 Å². The van der Waals surface area contributed by atoms with Gasteiger partial charge in [0.15, 0.2) is 5.82 Å². The van der Waals surface area contributed by atoms with Crippen molar-refractivity contribution in [3.8, 4) is 0 Å². The Morgan fingerprint density at radius 3 is 2.64 bits per heavy atom. The summed E-state index contributed by atoms with van der Waals surface area (Å²) in [6.07, 6.45) is 1.98. The number of aromatic nitrogens is 2. The van der Waals surface area contributed by atoms with Crippen molar-refractivity contribution in [2.45, 2.75) is 38.1 Å². The first kappa shape index (κ1) is 16.4. The Hall–Kier alpha value is -2.02. The summed E-state index contributed by atoms with van der Waals surface area (Å²) < 4.78 is 5.14. The highest BCUT2D eigenvalue weighted by atomic mass is 32.2. The number of benzene rings is 1. The van der Waals surface area contributed by atoms with Crippen molar-refractivity contribution in [1.29, 1.82) is 0 Å². The zero-order valence-electron chi connectivity index (χ0n) is 13.4. The predicted octanol–water partition coefficient (Wildman–Crippen LogP) is 3.47. The molecule has 0 fully saturated rings. The largest absolute Gasteiger partial charge is 0.337 e. The molecule has 0 bridgehead atoms. The number of nitrogens with zero attached hydrogens (tertiary/aromatic N) is 2. The maximum atomic E-state index is 12.3. The van der Waals surface area contributed by atoms with Gasteiger partial charge in [0, 0.05) is 4.90 Å². The molecule has 6 nitrogen and oxygen atoms in total. The number of anilines is 1. The first-order valence-corrected chi connectivity index (χ1v) is 8.09. The Labute approximate surface area is 134 Å². The average Bonchev–Trinajstić information content (AvgIpc) is 2.88.